The quantitative estimate of drug-likeness (QED) is 0.128. The zero-order chi connectivity index (χ0) is 28.3. The Morgan fingerprint density at radius 3 is 1.18 bits per heavy atom. The molecule has 0 saturated carbocycles. The van der Waals surface area contributed by atoms with E-state index in [-0.39, 0.29) is 11.1 Å². The first-order valence-corrected chi connectivity index (χ1v) is 12.1. The molecule has 12 nitrogen and oxygen atoms in total. The summed E-state index contributed by atoms with van der Waals surface area (Å²) < 4.78 is 0. The highest BCUT2D eigenvalue weighted by atomic mass is 35.5. The number of non-ortho nitro benzene ring substituents is 2. The Labute approximate surface area is 233 Å². The number of nitrogens with zero attached hydrogens (tertiary/aromatic N) is 4. The molecule has 3 aromatic carbocycles. The van der Waals surface area contributed by atoms with Gasteiger partial charge in [-0.1, -0.05) is 24.3 Å². The van der Waals surface area contributed by atoms with E-state index in [1.54, 1.807) is 18.2 Å². The maximum absolute atomic E-state index is 11.5. The maximum Gasteiger partial charge on any atom is 0.281 e. The minimum Gasteiger partial charge on any atom is -0.258 e. The van der Waals surface area contributed by atoms with Crippen LogP contribution in [-0.4, -0.2) is 19.7 Å². The first-order chi connectivity index (χ1) is 17.8. The van der Waals surface area contributed by atoms with E-state index in [0.29, 0.717) is 11.1 Å². The maximum atomic E-state index is 11.5. The van der Waals surface area contributed by atoms with Crippen molar-refractivity contribution in [3.8, 4) is 0 Å². The summed E-state index contributed by atoms with van der Waals surface area (Å²) in [5.41, 5.74) is -1.51. The molecular formula is C22H14Cl4N4O8. The third-order valence-electron chi connectivity index (χ3n) is 5.50. The second kappa shape index (κ2) is 11.9. The summed E-state index contributed by atoms with van der Waals surface area (Å²) in [6.45, 7) is 0. The number of hydrogen-bond acceptors (Lipinski definition) is 8. The molecule has 0 aliphatic rings. The van der Waals surface area contributed by atoms with Gasteiger partial charge in [0.15, 0.2) is 0 Å². The highest BCUT2D eigenvalue weighted by Gasteiger charge is 2.32. The first kappa shape index (κ1) is 29.0. The average Bonchev–Trinajstić information content (AvgIpc) is 2.90. The molecule has 0 aromatic heterocycles. The van der Waals surface area contributed by atoms with Gasteiger partial charge in [-0.2, -0.15) is 0 Å². The molecule has 0 N–H and O–H groups in total. The topological polar surface area (TPSA) is 173 Å². The molecule has 0 unspecified atom stereocenters. The fourth-order valence-electron chi connectivity index (χ4n) is 3.63. The lowest BCUT2D eigenvalue weighted by Gasteiger charge is -2.20. The number of halogens is 4. The van der Waals surface area contributed by atoms with Crippen LogP contribution in [0.3, 0.4) is 0 Å². The van der Waals surface area contributed by atoms with Crippen LogP contribution in [0, 0.1) is 40.5 Å². The molecule has 198 valence electrons. The predicted octanol–water partition coefficient (Wildman–Crippen LogP) is 7.84. The fourth-order valence-corrected chi connectivity index (χ4v) is 4.83. The molecule has 38 heavy (non-hydrogen) atoms. The van der Waals surface area contributed by atoms with Gasteiger partial charge in [0.25, 0.3) is 22.7 Å². The summed E-state index contributed by atoms with van der Waals surface area (Å²) in [4.78, 5) is 41.9. The minimum atomic E-state index is -1.19. The Hall–Kier alpha value is -3.58. The van der Waals surface area contributed by atoms with Crippen molar-refractivity contribution in [3.63, 3.8) is 0 Å². The Balaban J connectivity index is 1.94. The second-order valence-corrected chi connectivity index (χ2v) is 9.67. The molecule has 0 spiro atoms. The van der Waals surface area contributed by atoms with Crippen LogP contribution >= 0.6 is 46.4 Å². The molecule has 0 aliphatic carbocycles. The second-order valence-electron chi connectivity index (χ2n) is 7.79. The summed E-state index contributed by atoms with van der Waals surface area (Å²) in [7, 11) is 0. The van der Waals surface area contributed by atoms with Crippen LogP contribution in [0.1, 0.15) is 43.8 Å². The Morgan fingerprint density at radius 2 is 0.868 bits per heavy atom. The molecule has 3 aromatic rings. The van der Waals surface area contributed by atoms with Gasteiger partial charge in [0, 0.05) is 12.1 Å². The number of benzene rings is 3. The van der Waals surface area contributed by atoms with Crippen LogP contribution in [0.25, 0.3) is 0 Å². The van der Waals surface area contributed by atoms with E-state index < -0.39 is 64.0 Å². The molecule has 16 heteroatoms. The van der Waals surface area contributed by atoms with E-state index >= 15 is 0 Å². The van der Waals surface area contributed by atoms with E-state index in [1.807, 2.05) is 0 Å². The van der Waals surface area contributed by atoms with Gasteiger partial charge in [-0.25, -0.2) is 0 Å². The number of nitro benzene ring substituents is 4. The van der Waals surface area contributed by atoms with Gasteiger partial charge in [-0.05, 0) is 23.3 Å². The molecule has 0 heterocycles. The zero-order valence-electron chi connectivity index (χ0n) is 18.6. The normalized spacial score (nSPS) is 14.2. The summed E-state index contributed by atoms with van der Waals surface area (Å²) in [5.74, 6) is 0. The predicted molar refractivity (Wildman–Crippen MR) is 140 cm³/mol. The van der Waals surface area contributed by atoms with E-state index in [0.717, 1.165) is 36.4 Å². The smallest absolute Gasteiger partial charge is 0.258 e. The van der Waals surface area contributed by atoms with E-state index in [9.17, 15) is 40.5 Å². The third-order valence-corrected chi connectivity index (χ3v) is 7.74. The van der Waals surface area contributed by atoms with Gasteiger partial charge in [-0.3, -0.25) is 40.5 Å². The molecule has 4 atom stereocenters. The van der Waals surface area contributed by atoms with Gasteiger partial charge in [0.2, 0.25) is 0 Å². The number of alkyl halides is 4. The summed E-state index contributed by atoms with van der Waals surface area (Å²) in [6, 6.07) is 12.2. The van der Waals surface area contributed by atoms with Crippen molar-refractivity contribution in [2.24, 2.45) is 0 Å². The lowest BCUT2D eigenvalue weighted by molar-refractivity contribution is -0.394. The monoisotopic (exact) mass is 602 g/mol. The molecule has 0 fully saturated rings. The van der Waals surface area contributed by atoms with Gasteiger partial charge >= 0.3 is 0 Å². The fraction of sp³-hybridized carbons (Fsp3) is 0.182. The summed E-state index contributed by atoms with van der Waals surface area (Å²) >= 11 is 26.0. The van der Waals surface area contributed by atoms with Crippen LogP contribution in [0.5, 0.6) is 0 Å². The summed E-state index contributed by atoms with van der Waals surface area (Å²) in [6.07, 6.45) is 0. The number of hydrogen-bond donors (Lipinski definition) is 0. The van der Waals surface area contributed by atoms with E-state index in [4.69, 9.17) is 46.4 Å². The van der Waals surface area contributed by atoms with Crippen molar-refractivity contribution < 1.29 is 19.7 Å². The van der Waals surface area contributed by atoms with Gasteiger partial charge < -0.3 is 0 Å². The van der Waals surface area contributed by atoms with Gasteiger partial charge in [0.1, 0.15) is 0 Å². The lowest BCUT2D eigenvalue weighted by Crippen LogP contribution is -2.07. The van der Waals surface area contributed by atoms with Crippen molar-refractivity contribution >= 4 is 69.2 Å². The van der Waals surface area contributed by atoms with Crippen LogP contribution in [0.4, 0.5) is 22.7 Å². The molecule has 0 aliphatic heterocycles. The Bertz CT molecular complexity index is 1340. The third kappa shape index (κ3) is 6.10. The van der Waals surface area contributed by atoms with E-state index in [1.165, 1.54) is 6.07 Å². The first-order valence-electron chi connectivity index (χ1n) is 10.3. The average molecular weight is 604 g/mol. The standard InChI is InChI=1S/C22H14Cl4N4O8/c23-19(21(25)15-6-4-13(27(31)32)9-17(15)29(35)36)11-2-1-3-12(8-11)20(24)22(26)16-7-5-14(28(33)34)10-18(16)30(37)38/h1-10,19-22H/t19-,20-,21+,22+/m0/s1. The Morgan fingerprint density at radius 1 is 0.500 bits per heavy atom. The van der Waals surface area contributed by atoms with Crippen molar-refractivity contribution in [1.82, 2.24) is 0 Å². The van der Waals surface area contributed by atoms with Crippen LogP contribution in [-0.2, 0) is 0 Å². The highest BCUT2D eigenvalue weighted by molar-refractivity contribution is 6.31. The van der Waals surface area contributed by atoms with Crippen LogP contribution in [0.2, 0.25) is 0 Å². The van der Waals surface area contributed by atoms with Crippen molar-refractivity contribution in [1.29, 1.82) is 0 Å². The molecule has 0 bridgehead atoms. The molecule has 0 amide bonds. The van der Waals surface area contributed by atoms with E-state index in [2.05, 4.69) is 0 Å². The molecule has 3 rings (SSSR count). The van der Waals surface area contributed by atoms with Gasteiger partial charge in [-0.15, -0.1) is 46.4 Å². The SMILES string of the molecule is O=[N+]([O-])c1ccc([C@@H](Cl)[C@@H](Cl)c2cccc([C@H](Cl)[C@H](Cl)c3ccc([N+](=O)[O-])cc3[N+](=O)[O-])c2)c([N+](=O)[O-])c1. The van der Waals surface area contributed by atoms with Crippen LogP contribution in [0.15, 0.2) is 60.7 Å². The molecule has 0 radical (unpaired) electrons. The van der Waals surface area contributed by atoms with Gasteiger partial charge in [0.05, 0.1) is 64.5 Å². The number of rotatable bonds is 10. The summed E-state index contributed by atoms with van der Waals surface area (Å²) in [5, 5.41) is 40.5. The zero-order valence-corrected chi connectivity index (χ0v) is 21.7. The number of nitro groups is 4. The Kier molecular flexibility index (Phi) is 9.05. The largest absolute Gasteiger partial charge is 0.281 e. The lowest BCUT2D eigenvalue weighted by atomic mass is 9.97. The highest BCUT2D eigenvalue weighted by Crippen LogP contribution is 2.47. The van der Waals surface area contributed by atoms with Crippen molar-refractivity contribution in [2.45, 2.75) is 21.5 Å². The minimum absolute atomic E-state index is 0.0492. The van der Waals surface area contributed by atoms with Crippen molar-refractivity contribution in [2.75, 3.05) is 0 Å². The van der Waals surface area contributed by atoms with Crippen LogP contribution < -0.4 is 0 Å². The molecular weight excluding hydrogens is 590 g/mol. The molecule has 0 saturated heterocycles. The van der Waals surface area contributed by atoms with Crippen molar-refractivity contribution in [3.05, 3.63) is 123 Å².